The quantitative estimate of drug-likeness (QED) is 0.719. The lowest BCUT2D eigenvalue weighted by atomic mass is 10.2. The largest absolute Gasteiger partial charge is 0.454 e. The van der Waals surface area contributed by atoms with Gasteiger partial charge in [-0.25, -0.2) is 8.78 Å². The van der Waals surface area contributed by atoms with Crippen molar-refractivity contribution in [3.05, 3.63) is 47.5 Å². The maximum Gasteiger partial charge on any atom is 0.239 e. The van der Waals surface area contributed by atoms with Gasteiger partial charge in [0.1, 0.15) is 11.6 Å². The number of anilines is 2. The number of rotatable bonds is 6. The standard InChI is InChI=1S/C18H17F2N3O4/c1-10(24)23-15-6-14(12(19)5-13(15)20)21-8-18(25)22-7-11-2-3-16-17(4-11)27-9-26-16/h2-6,21H,7-9H2,1H3,(H,22,25)(H,23,24). The Bertz CT molecular complexity index is 889. The lowest BCUT2D eigenvalue weighted by molar-refractivity contribution is -0.119. The number of halogens is 2. The molecule has 0 saturated heterocycles. The van der Waals surface area contributed by atoms with Gasteiger partial charge in [-0.1, -0.05) is 6.07 Å². The number of benzene rings is 2. The second kappa shape index (κ2) is 7.90. The van der Waals surface area contributed by atoms with E-state index in [4.69, 9.17) is 9.47 Å². The average Bonchev–Trinajstić information content (AvgIpc) is 3.08. The van der Waals surface area contributed by atoms with Gasteiger partial charge < -0.3 is 25.4 Å². The summed E-state index contributed by atoms with van der Waals surface area (Å²) in [6.45, 7) is 1.39. The van der Waals surface area contributed by atoms with Crippen LogP contribution in [0.15, 0.2) is 30.3 Å². The number of nitrogens with one attached hydrogen (secondary N) is 3. The molecule has 3 rings (SSSR count). The van der Waals surface area contributed by atoms with E-state index in [1.807, 2.05) is 0 Å². The summed E-state index contributed by atoms with van der Waals surface area (Å²) in [5, 5.41) is 7.51. The highest BCUT2D eigenvalue weighted by Crippen LogP contribution is 2.32. The predicted molar refractivity (Wildman–Crippen MR) is 93.6 cm³/mol. The van der Waals surface area contributed by atoms with Crippen LogP contribution in [0.4, 0.5) is 20.2 Å². The van der Waals surface area contributed by atoms with Crippen molar-refractivity contribution >= 4 is 23.2 Å². The Kier molecular flexibility index (Phi) is 5.39. The summed E-state index contributed by atoms with van der Waals surface area (Å²) < 4.78 is 37.9. The van der Waals surface area contributed by atoms with Crippen LogP contribution in [0.25, 0.3) is 0 Å². The molecule has 7 nitrogen and oxygen atoms in total. The first kappa shape index (κ1) is 18.4. The number of amides is 2. The normalized spacial score (nSPS) is 11.8. The van der Waals surface area contributed by atoms with Gasteiger partial charge in [-0.2, -0.15) is 0 Å². The molecule has 0 fully saturated rings. The molecule has 0 radical (unpaired) electrons. The van der Waals surface area contributed by atoms with E-state index in [0.717, 1.165) is 11.6 Å². The van der Waals surface area contributed by atoms with Gasteiger partial charge in [0.25, 0.3) is 0 Å². The zero-order chi connectivity index (χ0) is 19.4. The summed E-state index contributed by atoms with van der Waals surface area (Å²) in [6.07, 6.45) is 0. The van der Waals surface area contributed by atoms with Gasteiger partial charge in [0.2, 0.25) is 18.6 Å². The number of ether oxygens (including phenoxy) is 2. The fraction of sp³-hybridized carbons (Fsp3) is 0.222. The van der Waals surface area contributed by atoms with Gasteiger partial charge in [0, 0.05) is 19.5 Å². The van der Waals surface area contributed by atoms with E-state index < -0.39 is 23.4 Å². The van der Waals surface area contributed by atoms with E-state index in [-0.39, 0.29) is 31.3 Å². The van der Waals surface area contributed by atoms with Crippen molar-refractivity contribution in [2.45, 2.75) is 13.5 Å². The average molecular weight is 377 g/mol. The number of hydrogen-bond donors (Lipinski definition) is 3. The van der Waals surface area contributed by atoms with Crippen molar-refractivity contribution in [3.63, 3.8) is 0 Å². The van der Waals surface area contributed by atoms with Crippen LogP contribution in [-0.2, 0) is 16.1 Å². The summed E-state index contributed by atoms with van der Waals surface area (Å²) in [4.78, 5) is 23.0. The monoisotopic (exact) mass is 377 g/mol. The fourth-order valence-corrected chi connectivity index (χ4v) is 2.46. The highest BCUT2D eigenvalue weighted by Gasteiger charge is 2.14. The number of fused-ring (bicyclic) bond motifs is 1. The minimum atomic E-state index is -0.902. The first-order valence-corrected chi connectivity index (χ1v) is 8.08. The van der Waals surface area contributed by atoms with Gasteiger partial charge in [-0.3, -0.25) is 9.59 Å². The van der Waals surface area contributed by atoms with Crippen LogP contribution in [-0.4, -0.2) is 25.2 Å². The van der Waals surface area contributed by atoms with E-state index in [0.29, 0.717) is 17.6 Å². The van der Waals surface area contributed by atoms with Crippen LogP contribution >= 0.6 is 0 Å². The van der Waals surface area contributed by atoms with E-state index in [2.05, 4.69) is 16.0 Å². The first-order chi connectivity index (χ1) is 12.9. The SMILES string of the molecule is CC(=O)Nc1cc(NCC(=O)NCc2ccc3c(c2)OCO3)c(F)cc1F. The molecule has 3 N–H and O–H groups in total. The Morgan fingerprint density at radius 1 is 1.04 bits per heavy atom. The summed E-state index contributed by atoms with van der Waals surface area (Å²) in [6, 6.07) is 7.03. The molecule has 0 bridgehead atoms. The van der Waals surface area contributed by atoms with Crippen LogP contribution in [0.2, 0.25) is 0 Å². The van der Waals surface area contributed by atoms with Crippen molar-refractivity contribution < 1.29 is 27.8 Å². The Morgan fingerprint density at radius 3 is 2.56 bits per heavy atom. The lowest BCUT2D eigenvalue weighted by Gasteiger charge is -2.11. The molecule has 0 unspecified atom stereocenters. The second-order valence-corrected chi connectivity index (χ2v) is 5.81. The van der Waals surface area contributed by atoms with E-state index in [1.54, 1.807) is 18.2 Å². The van der Waals surface area contributed by atoms with Crippen LogP contribution < -0.4 is 25.4 Å². The van der Waals surface area contributed by atoms with Gasteiger partial charge in [-0.15, -0.1) is 0 Å². The zero-order valence-electron chi connectivity index (χ0n) is 14.4. The third-order valence-electron chi connectivity index (χ3n) is 3.73. The topological polar surface area (TPSA) is 88.7 Å². The molecule has 0 spiro atoms. The van der Waals surface area contributed by atoms with Gasteiger partial charge in [0.15, 0.2) is 11.5 Å². The minimum Gasteiger partial charge on any atom is -0.454 e. The number of carbonyl (C=O) groups is 2. The van der Waals surface area contributed by atoms with Crippen molar-refractivity contribution in [3.8, 4) is 11.5 Å². The second-order valence-electron chi connectivity index (χ2n) is 5.81. The van der Waals surface area contributed by atoms with E-state index >= 15 is 0 Å². The van der Waals surface area contributed by atoms with Crippen molar-refractivity contribution in [1.82, 2.24) is 5.32 Å². The molecule has 9 heteroatoms. The maximum atomic E-state index is 13.8. The highest BCUT2D eigenvalue weighted by atomic mass is 19.1. The maximum absolute atomic E-state index is 13.8. The van der Waals surface area contributed by atoms with E-state index in [9.17, 15) is 18.4 Å². The Morgan fingerprint density at radius 2 is 1.78 bits per heavy atom. The Labute approximate surface area is 153 Å². The predicted octanol–water partition coefficient (Wildman–Crippen LogP) is 2.38. The summed E-state index contributed by atoms with van der Waals surface area (Å²) >= 11 is 0. The molecule has 2 amide bonds. The summed E-state index contributed by atoms with van der Waals surface area (Å²) in [5.41, 5.74) is 0.541. The van der Waals surface area contributed by atoms with Crippen molar-refractivity contribution in [2.75, 3.05) is 24.0 Å². The molecular weight excluding hydrogens is 360 g/mol. The molecule has 0 aliphatic carbocycles. The van der Waals surface area contributed by atoms with Crippen LogP contribution in [0.3, 0.4) is 0 Å². The summed E-state index contributed by atoms with van der Waals surface area (Å²) in [5.74, 6) is -1.40. The molecule has 1 aliphatic heterocycles. The van der Waals surface area contributed by atoms with E-state index in [1.165, 1.54) is 6.92 Å². The molecular formula is C18H17F2N3O4. The molecule has 1 aliphatic rings. The molecule has 0 aromatic heterocycles. The van der Waals surface area contributed by atoms with Gasteiger partial charge >= 0.3 is 0 Å². The zero-order valence-corrected chi connectivity index (χ0v) is 14.4. The smallest absolute Gasteiger partial charge is 0.239 e. The number of hydrogen-bond acceptors (Lipinski definition) is 5. The molecule has 27 heavy (non-hydrogen) atoms. The van der Waals surface area contributed by atoms with Gasteiger partial charge in [-0.05, 0) is 23.8 Å². The molecule has 2 aromatic carbocycles. The third kappa shape index (κ3) is 4.63. The highest BCUT2D eigenvalue weighted by molar-refractivity contribution is 5.89. The molecule has 2 aromatic rings. The Balaban J connectivity index is 1.55. The van der Waals surface area contributed by atoms with Gasteiger partial charge in [0.05, 0.1) is 17.9 Å². The molecule has 142 valence electrons. The molecule has 0 saturated carbocycles. The van der Waals surface area contributed by atoms with Crippen LogP contribution in [0.1, 0.15) is 12.5 Å². The third-order valence-corrected chi connectivity index (χ3v) is 3.73. The van der Waals surface area contributed by atoms with Crippen molar-refractivity contribution in [2.24, 2.45) is 0 Å². The van der Waals surface area contributed by atoms with Crippen LogP contribution in [0.5, 0.6) is 11.5 Å². The fourth-order valence-electron chi connectivity index (χ4n) is 2.46. The van der Waals surface area contributed by atoms with Crippen LogP contribution in [0, 0.1) is 11.6 Å². The molecule has 0 atom stereocenters. The first-order valence-electron chi connectivity index (χ1n) is 8.08. The molecule has 1 heterocycles. The minimum absolute atomic E-state index is 0.0987. The number of carbonyl (C=O) groups excluding carboxylic acids is 2. The van der Waals surface area contributed by atoms with Crippen molar-refractivity contribution in [1.29, 1.82) is 0 Å². The summed E-state index contributed by atoms with van der Waals surface area (Å²) in [7, 11) is 0. The Hall–Kier alpha value is -3.36. The lowest BCUT2D eigenvalue weighted by Crippen LogP contribution is -2.29.